The van der Waals surface area contributed by atoms with E-state index in [-0.39, 0.29) is 6.71 Å². The zero-order valence-electron chi connectivity index (χ0n) is 25.6. The minimum atomic E-state index is 0.111. The van der Waals surface area contributed by atoms with Crippen molar-refractivity contribution in [3.8, 4) is 39.2 Å². The summed E-state index contributed by atoms with van der Waals surface area (Å²) in [5.41, 5.74) is 19.6. The summed E-state index contributed by atoms with van der Waals surface area (Å²) >= 11 is 0. The van der Waals surface area contributed by atoms with Crippen LogP contribution in [-0.2, 0) is 0 Å². The normalized spacial score (nSPS) is 14.1. The van der Waals surface area contributed by atoms with Crippen LogP contribution in [0.4, 0.5) is 22.7 Å². The van der Waals surface area contributed by atoms with E-state index in [1.165, 1.54) is 89.2 Å². The Hall–Kier alpha value is -5.90. The molecule has 0 aliphatic carbocycles. The van der Waals surface area contributed by atoms with Gasteiger partial charge in [-0.05, 0) is 46.3 Å². The van der Waals surface area contributed by atoms with Crippen LogP contribution in [0.25, 0.3) is 50.1 Å². The molecule has 3 aliphatic heterocycles. The van der Waals surface area contributed by atoms with Crippen LogP contribution in [-0.4, -0.2) is 11.3 Å². The highest BCUT2D eigenvalue weighted by Gasteiger charge is 2.56. The minimum Gasteiger partial charge on any atom is -0.309 e. The molecular formula is C44H28BN2+. The smallest absolute Gasteiger partial charge is 0.262 e. The number of nitrogens with zero attached hydrogens (tertiary/aromatic N) is 2. The van der Waals surface area contributed by atoms with Crippen LogP contribution in [0.1, 0.15) is 0 Å². The summed E-state index contributed by atoms with van der Waals surface area (Å²) in [6.45, 7) is 0.111. The molecule has 0 radical (unpaired) electrons. The summed E-state index contributed by atoms with van der Waals surface area (Å²) in [6.07, 6.45) is 0. The molecule has 0 atom stereocenters. The first kappa shape index (κ1) is 25.3. The van der Waals surface area contributed by atoms with Crippen molar-refractivity contribution in [3.05, 3.63) is 170 Å². The van der Waals surface area contributed by atoms with Crippen molar-refractivity contribution in [2.75, 3.05) is 0 Å². The van der Waals surface area contributed by atoms with Gasteiger partial charge in [-0.15, -0.1) is 0 Å². The first-order chi connectivity index (χ1) is 23.4. The summed E-state index contributed by atoms with van der Waals surface area (Å²) < 4.78 is 3.19. The predicted octanol–water partition coefficient (Wildman–Crippen LogP) is 9.39. The van der Waals surface area contributed by atoms with E-state index in [0.717, 1.165) is 0 Å². The number of rotatable bonds is 2. The Kier molecular flexibility index (Phi) is 4.90. The first-order valence-electron chi connectivity index (χ1n) is 16.5. The van der Waals surface area contributed by atoms with Crippen LogP contribution >= 0.6 is 0 Å². The highest BCUT2D eigenvalue weighted by atomic mass is 15.4. The molecule has 4 heterocycles. The lowest BCUT2D eigenvalue weighted by atomic mass is 9.33. The van der Waals surface area contributed by atoms with E-state index in [1.54, 1.807) is 0 Å². The Bertz CT molecular complexity index is 2540. The van der Waals surface area contributed by atoms with E-state index >= 15 is 0 Å². The van der Waals surface area contributed by atoms with Gasteiger partial charge in [-0.2, -0.15) is 4.48 Å². The van der Waals surface area contributed by atoms with Crippen molar-refractivity contribution in [1.82, 2.24) is 9.05 Å². The van der Waals surface area contributed by atoms with Gasteiger partial charge in [-0.25, -0.2) is 0 Å². The number of para-hydroxylation sites is 4. The molecule has 47 heavy (non-hydrogen) atoms. The van der Waals surface area contributed by atoms with Crippen molar-refractivity contribution >= 4 is 56.8 Å². The van der Waals surface area contributed by atoms with Gasteiger partial charge < -0.3 is 4.57 Å². The fourth-order valence-electron chi connectivity index (χ4n) is 9.21. The topological polar surface area (TPSA) is 4.93 Å². The average molecular weight is 596 g/mol. The Morgan fingerprint density at radius 1 is 0.426 bits per heavy atom. The summed E-state index contributed by atoms with van der Waals surface area (Å²) in [5.74, 6) is 0. The third-order valence-corrected chi connectivity index (χ3v) is 10.8. The molecule has 3 heteroatoms. The standard InChI is InChI=1S/C44H28BN2/c1-3-15-29(16-4-1)41-33-21-13-23-35-44(33)46(43(41)30-17-5-2-6-18-30)36-24-14-28-40-42(36)45(35)34-22-9-12-27-39(34)47(40)37-25-10-7-19-31(37)32-20-8-11-26-38(32)47/h1-28H/q+1. The summed E-state index contributed by atoms with van der Waals surface area (Å²) in [7, 11) is 0. The molecular weight excluding hydrogens is 567 g/mol. The van der Waals surface area contributed by atoms with Crippen LogP contribution in [0.3, 0.4) is 0 Å². The predicted molar refractivity (Wildman–Crippen MR) is 198 cm³/mol. The molecule has 11 rings (SSSR count). The number of hydrogen-bond acceptors (Lipinski definition) is 0. The van der Waals surface area contributed by atoms with E-state index in [1.807, 2.05) is 0 Å². The Morgan fingerprint density at radius 2 is 0.979 bits per heavy atom. The molecule has 2 nitrogen and oxygen atoms in total. The third-order valence-electron chi connectivity index (χ3n) is 10.8. The molecule has 0 N–H and O–H groups in total. The van der Waals surface area contributed by atoms with Gasteiger partial charge >= 0.3 is 0 Å². The molecule has 1 aromatic heterocycles. The highest BCUT2D eigenvalue weighted by Crippen LogP contribution is 2.62. The van der Waals surface area contributed by atoms with E-state index in [2.05, 4.69) is 174 Å². The molecule has 3 aliphatic rings. The highest BCUT2D eigenvalue weighted by molar-refractivity contribution is 7.00. The van der Waals surface area contributed by atoms with Crippen molar-refractivity contribution in [3.63, 3.8) is 0 Å². The molecule has 0 bridgehead atoms. The van der Waals surface area contributed by atoms with Crippen molar-refractivity contribution in [1.29, 1.82) is 0 Å². The van der Waals surface area contributed by atoms with Gasteiger partial charge in [-0.1, -0.05) is 127 Å². The van der Waals surface area contributed by atoms with Gasteiger partial charge in [-0.3, -0.25) is 0 Å². The van der Waals surface area contributed by atoms with Gasteiger partial charge in [0.05, 0.1) is 16.8 Å². The first-order valence-corrected chi connectivity index (χ1v) is 16.5. The van der Waals surface area contributed by atoms with Crippen LogP contribution in [0.5, 0.6) is 0 Å². The fourth-order valence-corrected chi connectivity index (χ4v) is 9.21. The second-order valence-corrected chi connectivity index (χ2v) is 12.9. The summed E-state index contributed by atoms with van der Waals surface area (Å²) in [5, 5.41) is 1.30. The Balaban J connectivity index is 1.36. The molecule has 216 valence electrons. The Morgan fingerprint density at radius 3 is 1.70 bits per heavy atom. The van der Waals surface area contributed by atoms with E-state index in [0.29, 0.717) is 4.48 Å². The number of quaternary nitrogens is 1. The Labute approximate surface area is 274 Å². The molecule has 0 amide bonds. The van der Waals surface area contributed by atoms with Crippen LogP contribution in [0, 0.1) is 0 Å². The SMILES string of the molecule is c1ccc(-c2c(-c3ccccc3)n3c4c(cccc24)B2c4ccccc4[N+]4(c5ccccc5-c5ccccc54)c4cccc-3c42)cc1. The van der Waals surface area contributed by atoms with Gasteiger partial charge in [0.15, 0.2) is 11.4 Å². The number of hydrogen-bond donors (Lipinski definition) is 0. The molecule has 7 aromatic carbocycles. The van der Waals surface area contributed by atoms with Gasteiger partial charge in [0.2, 0.25) is 0 Å². The molecule has 8 aromatic rings. The molecule has 0 fully saturated rings. The second-order valence-electron chi connectivity index (χ2n) is 12.9. The van der Waals surface area contributed by atoms with Gasteiger partial charge in [0.25, 0.3) is 6.71 Å². The van der Waals surface area contributed by atoms with E-state index in [4.69, 9.17) is 0 Å². The van der Waals surface area contributed by atoms with E-state index in [9.17, 15) is 0 Å². The maximum absolute atomic E-state index is 2.59. The summed E-state index contributed by atoms with van der Waals surface area (Å²) in [4.78, 5) is 0. The lowest BCUT2D eigenvalue weighted by Crippen LogP contribution is -2.63. The quantitative estimate of drug-likeness (QED) is 0.139. The maximum atomic E-state index is 2.59. The average Bonchev–Trinajstić information content (AvgIpc) is 3.65. The second kappa shape index (κ2) is 9.10. The van der Waals surface area contributed by atoms with Crippen LogP contribution in [0.2, 0.25) is 0 Å². The van der Waals surface area contributed by atoms with Gasteiger partial charge in [0.1, 0.15) is 11.4 Å². The molecule has 1 spiro atoms. The fraction of sp³-hybridized carbons (Fsp3) is 0. The number of aromatic nitrogens is 1. The van der Waals surface area contributed by atoms with E-state index < -0.39 is 0 Å². The van der Waals surface area contributed by atoms with Gasteiger partial charge in [0, 0.05) is 45.8 Å². The van der Waals surface area contributed by atoms with Crippen molar-refractivity contribution in [2.24, 2.45) is 0 Å². The maximum Gasteiger partial charge on any atom is 0.262 e. The molecule has 0 saturated heterocycles. The lowest BCUT2D eigenvalue weighted by molar-refractivity contribution is 0.725. The van der Waals surface area contributed by atoms with Crippen LogP contribution in [0.15, 0.2) is 170 Å². The largest absolute Gasteiger partial charge is 0.309 e. The monoisotopic (exact) mass is 595 g/mol. The zero-order valence-corrected chi connectivity index (χ0v) is 25.6. The molecule has 0 unspecified atom stereocenters. The number of fused-ring (bicyclic) bond motifs is 11. The molecule has 0 saturated carbocycles. The minimum absolute atomic E-state index is 0.111. The lowest BCUT2D eigenvalue weighted by Gasteiger charge is -2.43. The van der Waals surface area contributed by atoms with Crippen LogP contribution < -0.4 is 20.9 Å². The number of benzene rings is 7. The zero-order chi connectivity index (χ0) is 30.7. The van der Waals surface area contributed by atoms with Crippen molar-refractivity contribution < 1.29 is 0 Å². The third kappa shape index (κ3) is 3.01. The summed E-state index contributed by atoms with van der Waals surface area (Å²) in [6, 6.07) is 63.3. The van der Waals surface area contributed by atoms with Crippen molar-refractivity contribution in [2.45, 2.75) is 0 Å².